The van der Waals surface area contributed by atoms with Crippen molar-refractivity contribution in [3.05, 3.63) is 66.9 Å². The predicted molar refractivity (Wildman–Crippen MR) is 111 cm³/mol. The minimum atomic E-state index is -0.0883. The number of nitrogens with zero attached hydrogens (tertiary/aromatic N) is 3. The van der Waals surface area contributed by atoms with Gasteiger partial charge in [-0.2, -0.15) is 4.73 Å². The summed E-state index contributed by atoms with van der Waals surface area (Å²) in [5.41, 5.74) is 4.57. The second-order valence-corrected chi connectivity index (χ2v) is 7.93. The highest BCUT2D eigenvalue weighted by atomic mass is 16.5. The highest BCUT2D eigenvalue weighted by molar-refractivity contribution is 5.91. The van der Waals surface area contributed by atoms with Crippen LogP contribution in [-0.2, 0) is 5.41 Å². The number of benzene rings is 2. The van der Waals surface area contributed by atoms with E-state index in [1.807, 2.05) is 18.3 Å². The molecule has 0 unspecified atom stereocenters. The molecule has 5 nitrogen and oxygen atoms in total. The van der Waals surface area contributed by atoms with Gasteiger partial charge in [-0.25, -0.2) is 4.98 Å². The molecule has 142 valence electrons. The fraction of sp³-hybridized carbons (Fsp3) is 0.217. The van der Waals surface area contributed by atoms with Crippen molar-refractivity contribution in [2.45, 2.75) is 26.2 Å². The van der Waals surface area contributed by atoms with Crippen molar-refractivity contribution >= 4 is 10.8 Å². The molecule has 0 atom stereocenters. The van der Waals surface area contributed by atoms with Gasteiger partial charge in [-0.15, -0.1) is 0 Å². The van der Waals surface area contributed by atoms with Crippen LogP contribution in [0.5, 0.6) is 5.75 Å². The van der Waals surface area contributed by atoms with Crippen molar-refractivity contribution in [2.24, 2.45) is 0 Å². The molecule has 0 spiro atoms. The van der Waals surface area contributed by atoms with Gasteiger partial charge in [0.15, 0.2) is 0 Å². The van der Waals surface area contributed by atoms with Gasteiger partial charge in [-0.05, 0) is 40.6 Å². The average Bonchev–Trinajstić information content (AvgIpc) is 3.12. The summed E-state index contributed by atoms with van der Waals surface area (Å²) < 4.78 is 6.29. The zero-order valence-electron chi connectivity index (χ0n) is 16.5. The lowest BCUT2D eigenvalue weighted by atomic mass is 9.88. The van der Waals surface area contributed by atoms with Crippen molar-refractivity contribution in [2.75, 3.05) is 7.11 Å². The SMILES string of the molecule is COc1ccc2cc(-c3cnc(C(C)(C)C)cc3-c3cn(O)cn3)ccc2c1. The van der Waals surface area contributed by atoms with E-state index in [0.717, 1.165) is 43.6 Å². The smallest absolute Gasteiger partial charge is 0.132 e. The molecule has 0 aliphatic heterocycles. The fourth-order valence-electron chi connectivity index (χ4n) is 3.28. The van der Waals surface area contributed by atoms with E-state index in [1.165, 1.54) is 6.33 Å². The standard InChI is InChI=1S/C23H23N3O2/c1-23(2,3)22-11-19(21-13-26(27)14-25-21)20(12-24-22)17-6-5-16-10-18(28-4)8-7-15(16)9-17/h5-14,27H,1-4H3. The average molecular weight is 373 g/mol. The second-order valence-electron chi connectivity index (χ2n) is 7.93. The van der Waals surface area contributed by atoms with E-state index in [2.05, 4.69) is 56.1 Å². The van der Waals surface area contributed by atoms with Crippen molar-refractivity contribution in [1.82, 2.24) is 14.7 Å². The van der Waals surface area contributed by atoms with E-state index in [0.29, 0.717) is 5.69 Å². The molecule has 1 N–H and O–H groups in total. The van der Waals surface area contributed by atoms with Gasteiger partial charge in [-0.3, -0.25) is 4.98 Å². The number of ether oxygens (including phenoxy) is 1. The molecular weight excluding hydrogens is 350 g/mol. The quantitative estimate of drug-likeness (QED) is 0.495. The zero-order chi connectivity index (χ0) is 19.9. The van der Waals surface area contributed by atoms with E-state index in [1.54, 1.807) is 13.3 Å². The first-order valence-electron chi connectivity index (χ1n) is 9.17. The van der Waals surface area contributed by atoms with Crippen molar-refractivity contribution in [3.63, 3.8) is 0 Å². The molecule has 0 bridgehead atoms. The lowest BCUT2D eigenvalue weighted by molar-refractivity contribution is 0.186. The van der Waals surface area contributed by atoms with Crippen LogP contribution < -0.4 is 4.74 Å². The van der Waals surface area contributed by atoms with Crippen LogP contribution in [0.3, 0.4) is 0 Å². The molecule has 4 rings (SSSR count). The Bertz CT molecular complexity index is 1160. The number of methoxy groups -OCH3 is 1. The largest absolute Gasteiger partial charge is 0.497 e. The summed E-state index contributed by atoms with van der Waals surface area (Å²) in [7, 11) is 1.67. The Morgan fingerprint density at radius 2 is 1.68 bits per heavy atom. The van der Waals surface area contributed by atoms with Crippen LogP contribution in [0.25, 0.3) is 33.2 Å². The first kappa shape index (κ1) is 18.0. The van der Waals surface area contributed by atoms with E-state index in [-0.39, 0.29) is 5.41 Å². The maximum atomic E-state index is 9.72. The minimum Gasteiger partial charge on any atom is -0.497 e. The van der Waals surface area contributed by atoms with Gasteiger partial charge in [0.2, 0.25) is 0 Å². The Balaban J connectivity index is 1.90. The van der Waals surface area contributed by atoms with Crippen LogP contribution in [0, 0.1) is 0 Å². The van der Waals surface area contributed by atoms with Crippen LogP contribution in [0.2, 0.25) is 0 Å². The summed E-state index contributed by atoms with van der Waals surface area (Å²) in [5, 5.41) is 12.0. The number of hydrogen-bond acceptors (Lipinski definition) is 4. The predicted octanol–water partition coefficient (Wildman–Crippen LogP) is 5.31. The molecule has 5 heteroatoms. The van der Waals surface area contributed by atoms with Crippen molar-refractivity contribution in [1.29, 1.82) is 0 Å². The Morgan fingerprint density at radius 3 is 2.36 bits per heavy atom. The molecular formula is C23H23N3O2. The van der Waals surface area contributed by atoms with Crippen molar-refractivity contribution in [3.8, 4) is 28.1 Å². The summed E-state index contributed by atoms with van der Waals surface area (Å²) in [6, 6.07) is 14.4. The Hall–Kier alpha value is -3.34. The van der Waals surface area contributed by atoms with Crippen LogP contribution in [0.1, 0.15) is 26.5 Å². The van der Waals surface area contributed by atoms with Crippen LogP contribution in [0.15, 0.2) is 61.2 Å². The topological polar surface area (TPSA) is 60.2 Å². The van der Waals surface area contributed by atoms with Gasteiger partial charge < -0.3 is 9.94 Å². The summed E-state index contributed by atoms with van der Waals surface area (Å²) in [6.07, 6.45) is 4.90. The number of fused-ring (bicyclic) bond motifs is 1. The maximum absolute atomic E-state index is 9.72. The Morgan fingerprint density at radius 1 is 0.929 bits per heavy atom. The molecule has 0 aliphatic carbocycles. The van der Waals surface area contributed by atoms with Gasteiger partial charge in [0.1, 0.15) is 12.1 Å². The Labute approximate surface area is 164 Å². The summed E-state index contributed by atoms with van der Waals surface area (Å²) in [4.78, 5) is 9.06. The first-order chi connectivity index (χ1) is 13.3. The third-order valence-corrected chi connectivity index (χ3v) is 4.88. The first-order valence-corrected chi connectivity index (χ1v) is 9.17. The molecule has 0 aliphatic rings. The maximum Gasteiger partial charge on any atom is 0.132 e. The number of imidazole rings is 1. The summed E-state index contributed by atoms with van der Waals surface area (Å²) >= 11 is 0. The number of rotatable bonds is 3. The second kappa shape index (κ2) is 6.68. The number of aromatic nitrogens is 3. The van der Waals surface area contributed by atoms with Crippen molar-refractivity contribution < 1.29 is 9.94 Å². The van der Waals surface area contributed by atoms with E-state index >= 15 is 0 Å². The lowest BCUT2D eigenvalue weighted by Crippen LogP contribution is -2.13. The van der Waals surface area contributed by atoms with Gasteiger partial charge in [0, 0.05) is 28.4 Å². The highest BCUT2D eigenvalue weighted by Gasteiger charge is 2.19. The summed E-state index contributed by atoms with van der Waals surface area (Å²) in [5.74, 6) is 0.839. The fourth-order valence-corrected chi connectivity index (χ4v) is 3.28. The van der Waals surface area contributed by atoms with Gasteiger partial charge in [0.05, 0.1) is 19.0 Å². The molecule has 0 amide bonds. The van der Waals surface area contributed by atoms with Gasteiger partial charge in [-0.1, -0.05) is 39.0 Å². The molecule has 4 aromatic rings. The molecule has 0 fully saturated rings. The van der Waals surface area contributed by atoms with Gasteiger partial charge >= 0.3 is 0 Å². The molecule has 28 heavy (non-hydrogen) atoms. The molecule has 2 heterocycles. The molecule has 2 aromatic heterocycles. The highest BCUT2D eigenvalue weighted by Crippen LogP contribution is 2.35. The summed E-state index contributed by atoms with van der Waals surface area (Å²) in [6.45, 7) is 6.40. The van der Waals surface area contributed by atoms with Crippen LogP contribution in [-0.4, -0.2) is 27.0 Å². The normalized spacial score (nSPS) is 11.7. The molecule has 0 saturated heterocycles. The molecule has 0 saturated carbocycles. The third-order valence-electron chi connectivity index (χ3n) is 4.88. The minimum absolute atomic E-state index is 0.0883. The Kier molecular flexibility index (Phi) is 4.30. The third kappa shape index (κ3) is 3.31. The monoisotopic (exact) mass is 373 g/mol. The van der Waals surface area contributed by atoms with E-state index in [9.17, 15) is 5.21 Å². The molecule has 2 aromatic carbocycles. The number of hydrogen-bond donors (Lipinski definition) is 1. The van der Waals surface area contributed by atoms with Crippen LogP contribution in [0.4, 0.5) is 0 Å². The lowest BCUT2D eigenvalue weighted by Gasteiger charge is -2.20. The van der Waals surface area contributed by atoms with Gasteiger partial charge in [0.25, 0.3) is 0 Å². The zero-order valence-corrected chi connectivity index (χ0v) is 16.5. The van der Waals surface area contributed by atoms with Crippen LogP contribution >= 0.6 is 0 Å². The molecule has 0 radical (unpaired) electrons. The van der Waals surface area contributed by atoms with E-state index in [4.69, 9.17) is 9.72 Å². The number of pyridine rings is 1. The van der Waals surface area contributed by atoms with E-state index < -0.39 is 0 Å².